The zero-order valence-electron chi connectivity index (χ0n) is 19.1. The number of rotatable bonds is 7. The normalized spacial score (nSPS) is 11.1. The van der Waals surface area contributed by atoms with Crippen LogP contribution in [0.25, 0.3) is 21.9 Å². The zero-order valence-corrected chi connectivity index (χ0v) is 19.1. The molecular weight excluding hydrogens is 447 g/mol. The number of benzene rings is 3. The molecule has 176 valence electrons. The number of ether oxygens (including phenoxy) is 1. The lowest BCUT2D eigenvalue weighted by Crippen LogP contribution is -2.29. The number of nitrogens with zero attached hydrogens (tertiary/aromatic N) is 3. The average Bonchev–Trinajstić information content (AvgIpc) is 3.18. The molecule has 0 saturated heterocycles. The van der Waals surface area contributed by atoms with Gasteiger partial charge in [0.2, 0.25) is 5.91 Å². The molecule has 0 fully saturated rings. The monoisotopic (exact) mass is 470 g/mol. The molecule has 0 saturated carbocycles. The van der Waals surface area contributed by atoms with Crippen LogP contribution in [0.3, 0.4) is 0 Å². The number of carbonyl (C=O) groups excluding carboxylic acids is 1. The standard InChI is InChI=1S/C27H23FN4O3/c1-35-21-9-5-8-19(12-21)14-29-24(33)16-32-23-11-10-20(28)13-22(23)25-26(32)27(34)31(17-30-25)15-18-6-3-2-4-7-18/h2-13,17H,14-16H2,1H3,(H,29,33). The minimum atomic E-state index is -0.436. The fraction of sp³-hybridized carbons (Fsp3) is 0.148. The summed E-state index contributed by atoms with van der Waals surface area (Å²) in [6, 6.07) is 21.2. The summed E-state index contributed by atoms with van der Waals surface area (Å²) < 4.78 is 22.4. The van der Waals surface area contributed by atoms with E-state index in [2.05, 4.69) is 10.3 Å². The van der Waals surface area contributed by atoms with Crippen LogP contribution < -0.4 is 15.6 Å². The summed E-state index contributed by atoms with van der Waals surface area (Å²) in [6.07, 6.45) is 1.47. The first-order chi connectivity index (χ1) is 17.0. The number of carbonyl (C=O) groups is 1. The van der Waals surface area contributed by atoms with Crippen molar-refractivity contribution >= 4 is 27.8 Å². The van der Waals surface area contributed by atoms with E-state index in [1.165, 1.54) is 23.0 Å². The molecule has 35 heavy (non-hydrogen) atoms. The van der Waals surface area contributed by atoms with Crippen LogP contribution in [0.1, 0.15) is 11.1 Å². The second kappa shape index (κ2) is 9.42. The molecule has 5 aromatic rings. The molecule has 3 aromatic carbocycles. The maximum Gasteiger partial charge on any atom is 0.278 e. The van der Waals surface area contributed by atoms with Crippen molar-refractivity contribution in [3.05, 3.63) is 106 Å². The summed E-state index contributed by atoms with van der Waals surface area (Å²) in [7, 11) is 1.58. The zero-order chi connectivity index (χ0) is 24.4. The molecule has 1 N–H and O–H groups in total. The Labute approximate surface area is 200 Å². The van der Waals surface area contributed by atoms with Crippen LogP contribution in [0, 0.1) is 5.82 Å². The molecule has 5 rings (SSSR count). The summed E-state index contributed by atoms with van der Waals surface area (Å²) in [4.78, 5) is 30.9. The van der Waals surface area contributed by atoms with Gasteiger partial charge in [-0.05, 0) is 41.5 Å². The summed E-state index contributed by atoms with van der Waals surface area (Å²) in [5, 5.41) is 3.37. The predicted octanol–water partition coefficient (Wildman–Crippen LogP) is 3.86. The Morgan fingerprint density at radius 3 is 2.63 bits per heavy atom. The highest BCUT2D eigenvalue weighted by atomic mass is 19.1. The highest BCUT2D eigenvalue weighted by molar-refractivity contribution is 6.06. The lowest BCUT2D eigenvalue weighted by atomic mass is 10.2. The van der Waals surface area contributed by atoms with Gasteiger partial charge in [0.05, 0.1) is 25.5 Å². The molecule has 2 aromatic heterocycles. The van der Waals surface area contributed by atoms with E-state index in [-0.39, 0.29) is 23.5 Å². The van der Waals surface area contributed by atoms with E-state index in [1.54, 1.807) is 17.7 Å². The van der Waals surface area contributed by atoms with Gasteiger partial charge in [-0.2, -0.15) is 0 Å². The number of methoxy groups -OCH3 is 1. The minimum absolute atomic E-state index is 0.109. The van der Waals surface area contributed by atoms with Crippen molar-refractivity contribution in [3.8, 4) is 5.75 Å². The molecule has 7 nitrogen and oxygen atoms in total. The Morgan fingerprint density at radius 2 is 1.83 bits per heavy atom. The maximum absolute atomic E-state index is 14.1. The number of halogens is 1. The van der Waals surface area contributed by atoms with E-state index in [0.717, 1.165) is 11.1 Å². The van der Waals surface area contributed by atoms with Crippen molar-refractivity contribution in [1.82, 2.24) is 19.4 Å². The lowest BCUT2D eigenvalue weighted by Gasteiger charge is -2.10. The van der Waals surface area contributed by atoms with Gasteiger partial charge in [-0.1, -0.05) is 42.5 Å². The molecular formula is C27H23FN4O3. The van der Waals surface area contributed by atoms with Gasteiger partial charge < -0.3 is 14.6 Å². The van der Waals surface area contributed by atoms with Crippen molar-refractivity contribution in [2.75, 3.05) is 7.11 Å². The molecule has 0 aliphatic rings. The first-order valence-corrected chi connectivity index (χ1v) is 11.1. The van der Waals surface area contributed by atoms with E-state index in [4.69, 9.17) is 4.74 Å². The fourth-order valence-electron chi connectivity index (χ4n) is 4.21. The third-order valence-electron chi connectivity index (χ3n) is 5.91. The van der Waals surface area contributed by atoms with Gasteiger partial charge in [0.25, 0.3) is 5.56 Å². The molecule has 0 aliphatic heterocycles. The SMILES string of the molecule is COc1cccc(CNC(=O)Cn2c3ccc(F)cc3c3ncn(Cc4ccccc4)c(=O)c32)c1. The molecule has 1 amide bonds. The van der Waals surface area contributed by atoms with E-state index < -0.39 is 5.82 Å². The van der Waals surface area contributed by atoms with E-state index in [1.807, 2.05) is 54.6 Å². The van der Waals surface area contributed by atoms with Crippen molar-refractivity contribution in [2.24, 2.45) is 0 Å². The summed E-state index contributed by atoms with van der Waals surface area (Å²) in [5.41, 5.74) is 2.74. The highest BCUT2D eigenvalue weighted by Gasteiger charge is 2.19. The number of amides is 1. The molecule has 0 aliphatic carbocycles. The van der Waals surface area contributed by atoms with E-state index in [9.17, 15) is 14.0 Å². The van der Waals surface area contributed by atoms with Crippen LogP contribution >= 0.6 is 0 Å². The lowest BCUT2D eigenvalue weighted by molar-refractivity contribution is -0.121. The third kappa shape index (κ3) is 4.50. The average molecular weight is 471 g/mol. The van der Waals surface area contributed by atoms with Crippen LogP contribution in [0.2, 0.25) is 0 Å². The van der Waals surface area contributed by atoms with Crippen molar-refractivity contribution in [2.45, 2.75) is 19.6 Å². The molecule has 2 heterocycles. The summed E-state index contributed by atoms with van der Waals surface area (Å²) in [6.45, 7) is 0.528. The third-order valence-corrected chi connectivity index (χ3v) is 5.91. The molecule has 0 bridgehead atoms. The van der Waals surface area contributed by atoms with Crippen LogP contribution in [0.15, 0.2) is 83.9 Å². The Bertz CT molecular complexity index is 1590. The number of nitrogens with one attached hydrogen (secondary N) is 1. The van der Waals surface area contributed by atoms with Crippen molar-refractivity contribution in [1.29, 1.82) is 0 Å². The first-order valence-electron chi connectivity index (χ1n) is 11.1. The van der Waals surface area contributed by atoms with E-state index in [0.29, 0.717) is 35.3 Å². The minimum Gasteiger partial charge on any atom is -0.497 e. The van der Waals surface area contributed by atoms with Crippen molar-refractivity contribution < 1.29 is 13.9 Å². The Kier molecular flexibility index (Phi) is 6.01. The largest absolute Gasteiger partial charge is 0.497 e. The van der Waals surface area contributed by atoms with Crippen LogP contribution in [-0.4, -0.2) is 27.1 Å². The summed E-state index contributed by atoms with van der Waals surface area (Å²) >= 11 is 0. The van der Waals surface area contributed by atoms with Gasteiger partial charge in [0.1, 0.15) is 29.1 Å². The van der Waals surface area contributed by atoms with Gasteiger partial charge in [0, 0.05) is 11.9 Å². The Balaban J connectivity index is 1.51. The smallest absolute Gasteiger partial charge is 0.278 e. The highest BCUT2D eigenvalue weighted by Crippen LogP contribution is 2.26. The Morgan fingerprint density at radius 1 is 1.03 bits per heavy atom. The van der Waals surface area contributed by atoms with Crippen LogP contribution in [-0.2, 0) is 24.4 Å². The molecule has 0 radical (unpaired) electrons. The van der Waals surface area contributed by atoms with Gasteiger partial charge in [-0.15, -0.1) is 0 Å². The van der Waals surface area contributed by atoms with Crippen LogP contribution in [0.4, 0.5) is 4.39 Å². The molecule has 0 atom stereocenters. The number of aromatic nitrogens is 3. The van der Waals surface area contributed by atoms with Crippen LogP contribution in [0.5, 0.6) is 5.75 Å². The first kappa shape index (κ1) is 22.3. The van der Waals surface area contributed by atoms with E-state index >= 15 is 0 Å². The second-order valence-corrected chi connectivity index (χ2v) is 8.24. The number of hydrogen-bond acceptors (Lipinski definition) is 4. The van der Waals surface area contributed by atoms with Gasteiger partial charge in [-0.3, -0.25) is 14.2 Å². The van der Waals surface area contributed by atoms with Gasteiger partial charge >= 0.3 is 0 Å². The predicted molar refractivity (Wildman–Crippen MR) is 132 cm³/mol. The molecule has 0 unspecified atom stereocenters. The second-order valence-electron chi connectivity index (χ2n) is 8.24. The van der Waals surface area contributed by atoms with Gasteiger partial charge in [-0.25, -0.2) is 9.37 Å². The molecule has 8 heteroatoms. The van der Waals surface area contributed by atoms with Gasteiger partial charge in [0.15, 0.2) is 0 Å². The quantitative estimate of drug-likeness (QED) is 0.392. The maximum atomic E-state index is 14.1. The topological polar surface area (TPSA) is 78.2 Å². The Hall–Kier alpha value is -4.46. The molecule has 0 spiro atoms. The number of hydrogen-bond donors (Lipinski definition) is 1. The van der Waals surface area contributed by atoms with Crippen molar-refractivity contribution in [3.63, 3.8) is 0 Å². The fourth-order valence-corrected chi connectivity index (χ4v) is 4.21. The number of fused-ring (bicyclic) bond motifs is 3. The summed E-state index contributed by atoms with van der Waals surface area (Å²) in [5.74, 6) is -0.0192.